The number of carboxylic acid groups (broad SMARTS) is 1. The van der Waals surface area contributed by atoms with E-state index in [1.54, 1.807) is 0 Å². The Balaban J connectivity index is 0.000000226. The molecule has 0 aromatic carbocycles. The largest absolute Gasteiger partial charge is 0.481 e. The standard InChI is InChI=1S/C4H8O2S.C3H4O2S/c5-7(6)3-1-2-4-7;4-3(5)1-2-6/h1-4H2;2H,1H2,(H,4,5). The Morgan fingerprint density at radius 2 is 1.85 bits per heavy atom. The Morgan fingerprint density at radius 1 is 1.38 bits per heavy atom. The van der Waals surface area contributed by atoms with Gasteiger partial charge in [-0.1, -0.05) is 12.2 Å². The minimum atomic E-state index is -2.55. The maximum Gasteiger partial charge on any atom is 0.308 e. The molecule has 1 aliphatic heterocycles. The zero-order valence-electron chi connectivity index (χ0n) is 7.10. The van der Waals surface area contributed by atoms with E-state index < -0.39 is 15.8 Å². The van der Waals surface area contributed by atoms with Crippen LogP contribution in [0.5, 0.6) is 0 Å². The van der Waals surface area contributed by atoms with Crippen LogP contribution in [0.2, 0.25) is 0 Å². The summed E-state index contributed by atoms with van der Waals surface area (Å²) in [6.07, 6.45) is 1.74. The third-order valence-electron chi connectivity index (χ3n) is 1.42. The summed E-state index contributed by atoms with van der Waals surface area (Å²) in [5, 5.41) is 9.00. The molecular formula is C7H12O4S2. The van der Waals surface area contributed by atoms with Crippen LogP contribution in [0.3, 0.4) is 0 Å². The minimum absolute atomic E-state index is 0.0185. The van der Waals surface area contributed by atoms with Gasteiger partial charge in [0, 0.05) is 0 Å². The first-order chi connectivity index (χ1) is 5.98. The number of sulfone groups is 1. The number of hydrogen-bond donors (Lipinski definition) is 1. The van der Waals surface area contributed by atoms with Gasteiger partial charge in [0.25, 0.3) is 0 Å². The van der Waals surface area contributed by atoms with Gasteiger partial charge in [-0.2, -0.15) is 0 Å². The summed E-state index contributed by atoms with van der Waals surface area (Å²) in [5.41, 5.74) is 0. The molecule has 0 radical (unpaired) electrons. The lowest BCUT2D eigenvalue weighted by Gasteiger charge is -1.81. The molecule has 6 heteroatoms. The summed E-state index contributed by atoms with van der Waals surface area (Å²) < 4.78 is 20.9. The molecule has 1 saturated heterocycles. The van der Waals surface area contributed by atoms with E-state index in [-0.39, 0.29) is 6.42 Å². The maximum absolute atomic E-state index is 10.4. The van der Waals surface area contributed by atoms with E-state index in [9.17, 15) is 13.2 Å². The molecule has 0 aliphatic carbocycles. The van der Waals surface area contributed by atoms with E-state index in [1.165, 1.54) is 5.37 Å². The summed E-state index contributed by atoms with van der Waals surface area (Å²) in [4.78, 5) is 9.50. The van der Waals surface area contributed by atoms with E-state index in [2.05, 4.69) is 12.2 Å². The van der Waals surface area contributed by atoms with Gasteiger partial charge in [0.05, 0.1) is 17.9 Å². The monoisotopic (exact) mass is 224 g/mol. The Hall–Kier alpha value is -0.490. The fraction of sp³-hybridized carbons (Fsp3) is 0.714. The summed E-state index contributed by atoms with van der Waals surface area (Å²) in [6.45, 7) is 0. The fourth-order valence-electron chi connectivity index (χ4n) is 0.817. The number of carboxylic acids is 1. The first kappa shape index (κ1) is 12.5. The Bertz CT molecular complexity index is 256. The molecule has 1 aliphatic rings. The predicted molar refractivity (Wildman–Crippen MR) is 53.8 cm³/mol. The van der Waals surface area contributed by atoms with Gasteiger partial charge in [-0.3, -0.25) is 4.79 Å². The minimum Gasteiger partial charge on any atom is -0.481 e. The van der Waals surface area contributed by atoms with Crippen LogP contribution in [0.1, 0.15) is 19.3 Å². The molecule has 76 valence electrons. The van der Waals surface area contributed by atoms with E-state index in [0.29, 0.717) is 11.5 Å². The highest BCUT2D eigenvalue weighted by Crippen LogP contribution is 2.08. The average Bonchev–Trinajstić information content (AvgIpc) is 2.35. The Morgan fingerprint density at radius 3 is 1.92 bits per heavy atom. The van der Waals surface area contributed by atoms with Gasteiger partial charge in [-0.25, -0.2) is 8.42 Å². The highest BCUT2D eigenvalue weighted by molar-refractivity contribution is 7.91. The zero-order chi connectivity index (χ0) is 10.3. The van der Waals surface area contributed by atoms with Crippen LogP contribution >= 0.6 is 12.2 Å². The zero-order valence-corrected chi connectivity index (χ0v) is 8.73. The van der Waals surface area contributed by atoms with Crippen LogP contribution in [0.15, 0.2) is 0 Å². The second-order valence-electron chi connectivity index (χ2n) is 2.62. The molecular weight excluding hydrogens is 212 g/mol. The highest BCUT2D eigenvalue weighted by atomic mass is 32.2. The molecule has 0 bridgehead atoms. The van der Waals surface area contributed by atoms with E-state index in [1.807, 2.05) is 0 Å². The SMILES string of the molecule is O=C(O)CC=S.O=S1(=O)CCCC1. The molecule has 1 fully saturated rings. The van der Waals surface area contributed by atoms with Crippen LogP contribution in [0.25, 0.3) is 0 Å². The highest BCUT2D eigenvalue weighted by Gasteiger charge is 2.16. The maximum atomic E-state index is 10.4. The van der Waals surface area contributed by atoms with Crippen LogP contribution in [0.4, 0.5) is 0 Å². The number of carbonyl (C=O) groups is 1. The smallest absolute Gasteiger partial charge is 0.308 e. The van der Waals surface area contributed by atoms with Gasteiger partial charge in [0.2, 0.25) is 0 Å². The van der Waals surface area contributed by atoms with Crippen LogP contribution in [-0.4, -0.2) is 36.4 Å². The summed E-state index contributed by atoms with van der Waals surface area (Å²) in [6, 6.07) is 0. The van der Waals surface area contributed by atoms with Crippen molar-refractivity contribution in [3.05, 3.63) is 0 Å². The number of aliphatic carboxylic acids is 1. The summed E-state index contributed by atoms with van der Waals surface area (Å²) >= 11 is 4.22. The van der Waals surface area contributed by atoms with Gasteiger partial charge < -0.3 is 5.11 Å². The molecule has 4 nitrogen and oxygen atoms in total. The van der Waals surface area contributed by atoms with Gasteiger partial charge >= 0.3 is 5.97 Å². The van der Waals surface area contributed by atoms with Crippen LogP contribution < -0.4 is 0 Å². The summed E-state index contributed by atoms with van der Waals surface area (Å²) in [5.74, 6) is -0.0231. The third-order valence-corrected chi connectivity index (χ3v) is 3.41. The van der Waals surface area contributed by atoms with E-state index in [4.69, 9.17) is 5.11 Å². The molecule has 0 aromatic heterocycles. The number of hydrogen-bond acceptors (Lipinski definition) is 4. The molecule has 0 saturated carbocycles. The van der Waals surface area contributed by atoms with Crippen molar-refractivity contribution in [2.24, 2.45) is 0 Å². The van der Waals surface area contributed by atoms with Crippen LogP contribution in [-0.2, 0) is 14.6 Å². The molecule has 0 amide bonds. The van der Waals surface area contributed by atoms with E-state index >= 15 is 0 Å². The number of thiocarbonyl (C=S) groups is 1. The van der Waals surface area contributed by atoms with Gasteiger partial charge in [-0.15, -0.1) is 0 Å². The molecule has 1 heterocycles. The quantitative estimate of drug-likeness (QED) is 0.697. The lowest BCUT2D eigenvalue weighted by Crippen LogP contribution is -1.98. The van der Waals surface area contributed by atoms with Gasteiger partial charge in [-0.05, 0) is 18.2 Å². The lowest BCUT2D eigenvalue weighted by molar-refractivity contribution is -0.135. The van der Waals surface area contributed by atoms with Crippen molar-refractivity contribution in [1.29, 1.82) is 0 Å². The van der Waals surface area contributed by atoms with Crippen molar-refractivity contribution >= 4 is 33.4 Å². The molecule has 0 aromatic rings. The van der Waals surface area contributed by atoms with Crippen molar-refractivity contribution in [3.63, 3.8) is 0 Å². The summed E-state index contributed by atoms with van der Waals surface area (Å²) in [7, 11) is -2.55. The molecule has 13 heavy (non-hydrogen) atoms. The second-order valence-corrected chi connectivity index (χ2v) is 5.26. The van der Waals surface area contributed by atoms with Crippen molar-refractivity contribution < 1.29 is 18.3 Å². The fourth-order valence-corrected chi connectivity index (χ4v) is 2.45. The van der Waals surface area contributed by atoms with Gasteiger partial charge in [0.1, 0.15) is 9.84 Å². The lowest BCUT2D eigenvalue weighted by atomic mass is 10.4. The predicted octanol–water partition coefficient (Wildman–Crippen LogP) is 0.656. The average molecular weight is 224 g/mol. The Kier molecular flexibility index (Phi) is 5.81. The molecule has 1 N–H and O–H groups in total. The normalized spacial score (nSPS) is 18.5. The third kappa shape index (κ3) is 7.86. The van der Waals surface area contributed by atoms with Crippen molar-refractivity contribution in [2.75, 3.05) is 11.5 Å². The Labute approximate surface area is 82.9 Å². The van der Waals surface area contributed by atoms with Crippen molar-refractivity contribution in [3.8, 4) is 0 Å². The topological polar surface area (TPSA) is 71.4 Å². The molecule has 0 unspecified atom stereocenters. The first-order valence-corrected chi connectivity index (χ1v) is 6.13. The van der Waals surface area contributed by atoms with Crippen molar-refractivity contribution in [1.82, 2.24) is 0 Å². The molecule has 0 spiro atoms. The first-order valence-electron chi connectivity index (χ1n) is 3.84. The van der Waals surface area contributed by atoms with Crippen molar-refractivity contribution in [2.45, 2.75) is 19.3 Å². The van der Waals surface area contributed by atoms with Gasteiger partial charge in [0.15, 0.2) is 0 Å². The van der Waals surface area contributed by atoms with E-state index in [0.717, 1.165) is 12.8 Å². The molecule has 1 rings (SSSR count). The number of rotatable bonds is 2. The second kappa shape index (κ2) is 6.04. The molecule has 0 atom stereocenters. The van der Waals surface area contributed by atoms with Crippen LogP contribution in [0, 0.1) is 0 Å².